The van der Waals surface area contributed by atoms with E-state index < -0.39 is 6.17 Å². The molecular formula is C12H15FO. The Morgan fingerprint density at radius 1 is 1.21 bits per heavy atom. The van der Waals surface area contributed by atoms with E-state index in [1.165, 1.54) is 0 Å². The van der Waals surface area contributed by atoms with Crippen molar-refractivity contribution in [2.45, 2.75) is 37.8 Å². The molecule has 0 spiro atoms. The third-order valence-electron chi connectivity index (χ3n) is 2.99. The van der Waals surface area contributed by atoms with Gasteiger partial charge in [-0.25, -0.2) is 4.39 Å². The number of phenols is 1. The van der Waals surface area contributed by atoms with Crippen molar-refractivity contribution in [3.05, 3.63) is 29.8 Å². The average molecular weight is 194 g/mol. The highest BCUT2D eigenvalue weighted by molar-refractivity contribution is 5.35. The molecule has 1 fully saturated rings. The zero-order chi connectivity index (χ0) is 9.97. The van der Waals surface area contributed by atoms with Crippen LogP contribution in [0.15, 0.2) is 24.3 Å². The summed E-state index contributed by atoms with van der Waals surface area (Å²) < 4.78 is 13.2. The second kappa shape index (κ2) is 3.99. The number of phenolic OH excluding ortho intramolecular Hbond substituents is 1. The van der Waals surface area contributed by atoms with Gasteiger partial charge in [0, 0.05) is 0 Å². The summed E-state index contributed by atoms with van der Waals surface area (Å²) in [5.41, 5.74) is 0.912. The van der Waals surface area contributed by atoms with Crippen molar-refractivity contribution in [2.24, 2.45) is 0 Å². The fourth-order valence-corrected chi connectivity index (χ4v) is 2.25. The van der Waals surface area contributed by atoms with Crippen LogP contribution in [0.2, 0.25) is 0 Å². The van der Waals surface area contributed by atoms with Gasteiger partial charge in [-0.05, 0) is 43.2 Å². The second-order valence-corrected chi connectivity index (χ2v) is 4.02. The van der Waals surface area contributed by atoms with Crippen molar-refractivity contribution >= 4 is 0 Å². The second-order valence-electron chi connectivity index (χ2n) is 4.02. The maximum atomic E-state index is 13.2. The van der Waals surface area contributed by atoms with E-state index in [1.807, 2.05) is 12.1 Å². The van der Waals surface area contributed by atoms with E-state index in [1.54, 1.807) is 12.1 Å². The first-order valence-corrected chi connectivity index (χ1v) is 5.19. The van der Waals surface area contributed by atoms with Crippen LogP contribution in [-0.4, -0.2) is 11.3 Å². The molecule has 1 aliphatic carbocycles. The van der Waals surface area contributed by atoms with Crippen molar-refractivity contribution in [3.8, 4) is 5.75 Å². The lowest BCUT2D eigenvalue weighted by atomic mass is 9.83. The summed E-state index contributed by atoms with van der Waals surface area (Å²) in [6.07, 6.45) is 2.49. The summed E-state index contributed by atoms with van der Waals surface area (Å²) in [5, 5.41) is 9.63. The summed E-state index contributed by atoms with van der Waals surface area (Å²) in [5.74, 6) is 0.520. The molecule has 0 radical (unpaired) electrons. The van der Waals surface area contributed by atoms with Crippen LogP contribution in [0.25, 0.3) is 0 Å². The van der Waals surface area contributed by atoms with Gasteiger partial charge in [-0.15, -0.1) is 0 Å². The Kier molecular flexibility index (Phi) is 2.71. The molecule has 1 nitrogen and oxygen atoms in total. The van der Waals surface area contributed by atoms with Crippen LogP contribution < -0.4 is 0 Å². The first-order chi connectivity index (χ1) is 6.77. The van der Waals surface area contributed by atoms with Gasteiger partial charge in [-0.1, -0.05) is 18.2 Å². The minimum atomic E-state index is -0.687. The maximum absolute atomic E-state index is 13.2. The molecule has 76 valence electrons. The van der Waals surface area contributed by atoms with Gasteiger partial charge in [0.25, 0.3) is 0 Å². The molecule has 1 aromatic rings. The molecule has 1 aliphatic rings. The number of hydrogen-bond acceptors (Lipinski definition) is 1. The molecule has 1 N–H and O–H groups in total. The van der Waals surface area contributed by atoms with Crippen LogP contribution in [-0.2, 0) is 0 Å². The first kappa shape index (κ1) is 9.50. The molecule has 2 heteroatoms. The van der Waals surface area contributed by atoms with E-state index in [0.29, 0.717) is 18.6 Å². The third-order valence-corrected chi connectivity index (χ3v) is 2.99. The largest absolute Gasteiger partial charge is 0.508 e. The molecule has 1 aromatic carbocycles. The molecule has 0 bridgehead atoms. The molecule has 0 aliphatic heterocycles. The molecule has 2 atom stereocenters. The van der Waals surface area contributed by atoms with Crippen molar-refractivity contribution in [1.82, 2.24) is 0 Å². The van der Waals surface area contributed by atoms with Crippen LogP contribution in [0, 0.1) is 0 Å². The first-order valence-electron chi connectivity index (χ1n) is 5.19. The van der Waals surface area contributed by atoms with E-state index in [9.17, 15) is 9.50 Å². The number of para-hydroxylation sites is 1. The SMILES string of the molecule is Oc1ccccc1C1CCCC(F)C1. The van der Waals surface area contributed by atoms with Gasteiger partial charge < -0.3 is 5.11 Å². The van der Waals surface area contributed by atoms with E-state index >= 15 is 0 Å². The minimum Gasteiger partial charge on any atom is -0.508 e. The predicted molar refractivity (Wildman–Crippen MR) is 54.2 cm³/mol. The lowest BCUT2D eigenvalue weighted by Gasteiger charge is -2.25. The van der Waals surface area contributed by atoms with E-state index in [0.717, 1.165) is 18.4 Å². The highest BCUT2D eigenvalue weighted by Gasteiger charge is 2.24. The van der Waals surface area contributed by atoms with Gasteiger partial charge in [0.15, 0.2) is 0 Å². The van der Waals surface area contributed by atoms with Gasteiger partial charge in [-0.3, -0.25) is 0 Å². The molecule has 0 aromatic heterocycles. The Balaban J connectivity index is 2.18. The number of alkyl halides is 1. The van der Waals surface area contributed by atoms with Gasteiger partial charge in [0.1, 0.15) is 11.9 Å². The quantitative estimate of drug-likeness (QED) is 0.726. The van der Waals surface area contributed by atoms with Gasteiger partial charge >= 0.3 is 0 Å². The number of rotatable bonds is 1. The zero-order valence-corrected chi connectivity index (χ0v) is 8.12. The molecule has 0 saturated heterocycles. The summed E-state index contributed by atoms with van der Waals surface area (Å²) in [7, 11) is 0. The lowest BCUT2D eigenvalue weighted by Crippen LogP contribution is -2.14. The highest BCUT2D eigenvalue weighted by atomic mass is 19.1. The highest BCUT2D eigenvalue weighted by Crippen LogP contribution is 2.37. The molecule has 0 heterocycles. The smallest absolute Gasteiger partial charge is 0.119 e. The normalized spacial score (nSPS) is 27.5. The van der Waals surface area contributed by atoms with Crippen molar-refractivity contribution < 1.29 is 9.50 Å². The van der Waals surface area contributed by atoms with Crippen LogP contribution >= 0.6 is 0 Å². The molecule has 1 saturated carbocycles. The molecule has 14 heavy (non-hydrogen) atoms. The number of halogens is 1. The lowest BCUT2D eigenvalue weighted by molar-refractivity contribution is 0.230. The van der Waals surface area contributed by atoms with Crippen LogP contribution in [0.1, 0.15) is 37.2 Å². The minimum absolute atomic E-state index is 0.208. The van der Waals surface area contributed by atoms with E-state index in [2.05, 4.69) is 0 Å². The molecule has 0 amide bonds. The van der Waals surface area contributed by atoms with E-state index in [4.69, 9.17) is 0 Å². The van der Waals surface area contributed by atoms with Crippen LogP contribution in [0.3, 0.4) is 0 Å². The van der Waals surface area contributed by atoms with Crippen molar-refractivity contribution in [1.29, 1.82) is 0 Å². The Morgan fingerprint density at radius 2 is 2.00 bits per heavy atom. The Labute approximate surface area is 83.6 Å². The predicted octanol–water partition coefficient (Wildman–Crippen LogP) is 3.39. The Morgan fingerprint density at radius 3 is 2.71 bits per heavy atom. The number of benzene rings is 1. The van der Waals surface area contributed by atoms with Gasteiger partial charge in [0.2, 0.25) is 0 Å². The monoisotopic (exact) mass is 194 g/mol. The maximum Gasteiger partial charge on any atom is 0.119 e. The zero-order valence-electron chi connectivity index (χ0n) is 8.12. The molecule has 2 rings (SSSR count). The average Bonchev–Trinajstić information content (AvgIpc) is 2.18. The summed E-state index contributed by atoms with van der Waals surface area (Å²) >= 11 is 0. The summed E-state index contributed by atoms with van der Waals surface area (Å²) in [4.78, 5) is 0. The topological polar surface area (TPSA) is 20.2 Å². The van der Waals surface area contributed by atoms with Gasteiger partial charge in [-0.2, -0.15) is 0 Å². The van der Waals surface area contributed by atoms with Crippen LogP contribution in [0.4, 0.5) is 4.39 Å². The third kappa shape index (κ3) is 1.89. The fraction of sp³-hybridized carbons (Fsp3) is 0.500. The summed E-state index contributed by atoms with van der Waals surface area (Å²) in [6, 6.07) is 7.28. The van der Waals surface area contributed by atoms with Gasteiger partial charge in [0.05, 0.1) is 0 Å². The Hall–Kier alpha value is -1.05. The standard InChI is InChI=1S/C12H15FO/c13-10-5-3-4-9(8-10)11-6-1-2-7-12(11)14/h1-2,6-7,9-10,14H,3-5,8H2. The van der Waals surface area contributed by atoms with Crippen molar-refractivity contribution in [3.63, 3.8) is 0 Å². The molecule has 2 unspecified atom stereocenters. The summed E-state index contributed by atoms with van der Waals surface area (Å²) in [6.45, 7) is 0. The number of aromatic hydroxyl groups is 1. The van der Waals surface area contributed by atoms with Crippen molar-refractivity contribution in [2.75, 3.05) is 0 Å². The number of hydrogen-bond donors (Lipinski definition) is 1. The Bertz CT molecular complexity index is 311. The molecular weight excluding hydrogens is 179 g/mol. The van der Waals surface area contributed by atoms with E-state index in [-0.39, 0.29) is 5.92 Å². The van der Waals surface area contributed by atoms with Crippen LogP contribution in [0.5, 0.6) is 5.75 Å². The fourth-order valence-electron chi connectivity index (χ4n) is 2.25.